The lowest BCUT2D eigenvalue weighted by atomic mass is 10.0. The van der Waals surface area contributed by atoms with Crippen molar-refractivity contribution in [2.75, 3.05) is 6.54 Å². The monoisotopic (exact) mass is 336 g/mol. The molecule has 1 aromatic heterocycles. The van der Waals surface area contributed by atoms with Crippen LogP contribution in [0.2, 0.25) is 0 Å². The van der Waals surface area contributed by atoms with Crippen molar-refractivity contribution < 1.29 is 13.6 Å². The minimum atomic E-state index is -0.543. The topological polar surface area (TPSA) is 33.2 Å². The van der Waals surface area contributed by atoms with E-state index in [4.69, 9.17) is 0 Å². The lowest BCUT2D eigenvalue weighted by Crippen LogP contribution is -2.39. The first kappa shape index (κ1) is 16.1. The molecule has 0 N–H and O–H groups in total. The maximum atomic E-state index is 13.8. The number of nitrogens with zero attached hydrogens (tertiary/aromatic N) is 2. The van der Waals surface area contributed by atoms with E-state index < -0.39 is 11.6 Å². The molecule has 0 unspecified atom stereocenters. The van der Waals surface area contributed by atoms with Gasteiger partial charge in [-0.3, -0.25) is 4.79 Å². The molecule has 1 fully saturated rings. The van der Waals surface area contributed by atoms with E-state index in [1.54, 1.807) is 16.2 Å². The summed E-state index contributed by atoms with van der Waals surface area (Å²) in [4.78, 5) is 18.9. The molecule has 1 atom stereocenters. The van der Waals surface area contributed by atoms with Gasteiger partial charge in [-0.05, 0) is 44.4 Å². The van der Waals surface area contributed by atoms with Gasteiger partial charge in [-0.25, -0.2) is 13.8 Å². The predicted octanol–water partition coefficient (Wildman–Crippen LogP) is 4.03. The first-order chi connectivity index (χ1) is 11.0. The Morgan fingerprint density at radius 2 is 2.22 bits per heavy atom. The summed E-state index contributed by atoms with van der Waals surface area (Å²) in [6.45, 7) is 2.57. The highest BCUT2D eigenvalue weighted by Gasteiger charge is 2.30. The van der Waals surface area contributed by atoms with E-state index in [-0.39, 0.29) is 23.9 Å². The fraction of sp³-hybridized carbons (Fsp3) is 0.412. The van der Waals surface area contributed by atoms with E-state index in [0.29, 0.717) is 6.54 Å². The van der Waals surface area contributed by atoms with E-state index in [1.807, 2.05) is 12.3 Å². The van der Waals surface area contributed by atoms with Crippen molar-refractivity contribution >= 4 is 17.2 Å². The zero-order chi connectivity index (χ0) is 16.4. The quantitative estimate of drug-likeness (QED) is 0.848. The molecule has 1 saturated heterocycles. The maximum absolute atomic E-state index is 13.8. The molecule has 6 heteroatoms. The molecule has 2 heterocycles. The lowest BCUT2D eigenvalue weighted by Gasteiger charge is -2.34. The lowest BCUT2D eigenvalue weighted by molar-refractivity contribution is -0.134. The first-order valence-corrected chi connectivity index (χ1v) is 8.58. The van der Waals surface area contributed by atoms with Crippen LogP contribution in [0.15, 0.2) is 23.6 Å². The van der Waals surface area contributed by atoms with E-state index in [9.17, 15) is 13.6 Å². The molecule has 1 aliphatic heterocycles. The molecule has 3 nitrogen and oxygen atoms in total. The second-order valence-corrected chi connectivity index (χ2v) is 6.73. The molecule has 0 bridgehead atoms. The summed E-state index contributed by atoms with van der Waals surface area (Å²) in [5.74, 6) is -1.25. The molecule has 1 aromatic carbocycles. The number of carbonyl (C=O) groups excluding carboxylic acids is 1. The van der Waals surface area contributed by atoms with Crippen LogP contribution in [0.5, 0.6) is 0 Å². The zero-order valence-corrected chi connectivity index (χ0v) is 13.7. The van der Waals surface area contributed by atoms with Gasteiger partial charge in [-0.1, -0.05) is 0 Å². The Labute approximate surface area is 138 Å². The third kappa shape index (κ3) is 3.58. The molecular formula is C17H18F2N2OS. The van der Waals surface area contributed by atoms with Gasteiger partial charge >= 0.3 is 0 Å². The van der Waals surface area contributed by atoms with Crippen LogP contribution in [0.1, 0.15) is 41.6 Å². The van der Waals surface area contributed by atoms with E-state index in [2.05, 4.69) is 4.98 Å². The van der Waals surface area contributed by atoms with Gasteiger partial charge < -0.3 is 4.90 Å². The number of piperidine rings is 1. The molecule has 122 valence electrons. The van der Waals surface area contributed by atoms with Crippen LogP contribution in [-0.4, -0.2) is 22.3 Å². The van der Waals surface area contributed by atoms with Gasteiger partial charge in [0.25, 0.3) is 0 Å². The standard InChI is InChI=1S/C17H18F2N2OS/c1-11-10-23-17(20-11)15-4-2-3-7-21(15)16(22)9-12-8-13(18)5-6-14(12)19/h5-6,8,10,15H,2-4,7,9H2,1H3/t15-/m1/s1. The van der Waals surface area contributed by atoms with Crippen LogP contribution >= 0.6 is 11.3 Å². The second-order valence-electron chi connectivity index (χ2n) is 5.84. The number of thiazole rings is 1. The highest BCUT2D eigenvalue weighted by Crippen LogP contribution is 2.33. The van der Waals surface area contributed by atoms with Gasteiger partial charge in [0.1, 0.15) is 16.6 Å². The van der Waals surface area contributed by atoms with E-state index >= 15 is 0 Å². The van der Waals surface area contributed by atoms with Gasteiger partial charge in [0.05, 0.1) is 12.5 Å². The summed E-state index contributed by atoms with van der Waals surface area (Å²) < 4.78 is 27.1. The van der Waals surface area contributed by atoms with Crippen molar-refractivity contribution in [3.8, 4) is 0 Å². The van der Waals surface area contributed by atoms with Crippen molar-refractivity contribution in [1.29, 1.82) is 0 Å². The number of aromatic nitrogens is 1. The zero-order valence-electron chi connectivity index (χ0n) is 12.9. The highest BCUT2D eigenvalue weighted by molar-refractivity contribution is 7.09. The van der Waals surface area contributed by atoms with Gasteiger partial charge in [0.15, 0.2) is 0 Å². The summed E-state index contributed by atoms with van der Waals surface area (Å²) in [6.07, 6.45) is 2.72. The number of amides is 1. The molecule has 0 radical (unpaired) electrons. The van der Waals surface area contributed by atoms with E-state index in [0.717, 1.165) is 48.2 Å². The van der Waals surface area contributed by atoms with Crippen LogP contribution < -0.4 is 0 Å². The third-order valence-corrected chi connectivity index (χ3v) is 5.16. The highest BCUT2D eigenvalue weighted by atomic mass is 32.1. The molecule has 0 saturated carbocycles. The average Bonchev–Trinajstić information content (AvgIpc) is 2.97. The van der Waals surface area contributed by atoms with Crippen molar-refractivity contribution in [3.63, 3.8) is 0 Å². The number of aryl methyl sites for hydroxylation is 1. The van der Waals surface area contributed by atoms with Crippen LogP contribution in [0.3, 0.4) is 0 Å². The number of carbonyl (C=O) groups is 1. The number of halogens is 2. The van der Waals surface area contributed by atoms with Crippen LogP contribution in [-0.2, 0) is 11.2 Å². The third-order valence-electron chi connectivity index (χ3n) is 4.09. The Balaban J connectivity index is 1.80. The van der Waals surface area contributed by atoms with Crippen molar-refractivity contribution in [2.24, 2.45) is 0 Å². The summed E-state index contributed by atoms with van der Waals surface area (Å²) in [7, 11) is 0. The Bertz CT molecular complexity index is 716. The van der Waals surface area contributed by atoms with Gasteiger partial charge in [-0.15, -0.1) is 11.3 Å². The first-order valence-electron chi connectivity index (χ1n) is 7.70. The largest absolute Gasteiger partial charge is 0.333 e. The van der Waals surface area contributed by atoms with Crippen molar-refractivity contribution in [1.82, 2.24) is 9.88 Å². The number of benzene rings is 1. The molecular weight excluding hydrogens is 318 g/mol. The van der Waals surface area contributed by atoms with Crippen molar-refractivity contribution in [2.45, 2.75) is 38.6 Å². The van der Waals surface area contributed by atoms with Crippen molar-refractivity contribution in [3.05, 3.63) is 51.5 Å². The number of likely N-dealkylation sites (tertiary alicyclic amines) is 1. The Kier molecular flexibility index (Phi) is 4.71. The predicted molar refractivity (Wildman–Crippen MR) is 85.2 cm³/mol. The fourth-order valence-electron chi connectivity index (χ4n) is 2.96. The summed E-state index contributed by atoms with van der Waals surface area (Å²) >= 11 is 1.55. The fourth-order valence-corrected chi connectivity index (χ4v) is 3.90. The smallest absolute Gasteiger partial charge is 0.227 e. The maximum Gasteiger partial charge on any atom is 0.227 e. The van der Waals surface area contributed by atoms with Gasteiger partial charge in [0, 0.05) is 23.2 Å². The Morgan fingerprint density at radius 1 is 1.39 bits per heavy atom. The molecule has 0 spiro atoms. The summed E-state index contributed by atoms with van der Waals surface area (Å²) in [6, 6.07) is 3.17. The Hall–Kier alpha value is -1.82. The number of rotatable bonds is 3. The molecule has 3 rings (SSSR count). The van der Waals surface area contributed by atoms with E-state index in [1.165, 1.54) is 0 Å². The Morgan fingerprint density at radius 3 is 2.96 bits per heavy atom. The van der Waals surface area contributed by atoms with Crippen LogP contribution in [0.25, 0.3) is 0 Å². The molecule has 2 aromatic rings. The van der Waals surface area contributed by atoms with Crippen LogP contribution in [0.4, 0.5) is 8.78 Å². The SMILES string of the molecule is Cc1csc([C@H]2CCCCN2C(=O)Cc2cc(F)ccc2F)n1. The number of hydrogen-bond donors (Lipinski definition) is 0. The minimum absolute atomic E-state index is 0.0495. The minimum Gasteiger partial charge on any atom is -0.333 e. The van der Waals surface area contributed by atoms with Gasteiger partial charge in [-0.2, -0.15) is 0 Å². The van der Waals surface area contributed by atoms with Gasteiger partial charge in [0.2, 0.25) is 5.91 Å². The average molecular weight is 336 g/mol. The van der Waals surface area contributed by atoms with Crippen LogP contribution in [0, 0.1) is 18.6 Å². The number of hydrogen-bond acceptors (Lipinski definition) is 3. The molecule has 1 amide bonds. The molecule has 23 heavy (non-hydrogen) atoms. The summed E-state index contributed by atoms with van der Waals surface area (Å²) in [5, 5.41) is 2.90. The molecule has 1 aliphatic rings. The molecule has 0 aliphatic carbocycles. The normalized spacial score (nSPS) is 18.2. The summed E-state index contributed by atoms with van der Waals surface area (Å²) in [5.41, 5.74) is 1.05. The second kappa shape index (κ2) is 6.74.